The second-order valence-corrected chi connectivity index (χ2v) is 5.25. The summed E-state index contributed by atoms with van der Waals surface area (Å²) >= 11 is 0. The molecule has 0 aromatic carbocycles. The SMILES string of the molecule is CCOc1nc(N2CCCC3C(=O)NCC32)ccc1N. The Morgan fingerprint density at radius 3 is 3.20 bits per heavy atom. The van der Waals surface area contributed by atoms with Gasteiger partial charge in [-0.05, 0) is 31.9 Å². The Balaban J connectivity index is 1.88. The molecule has 20 heavy (non-hydrogen) atoms. The second kappa shape index (κ2) is 5.19. The van der Waals surface area contributed by atoms with Crippen molar-refractivity contribution in [3.63, 3.8) is 0 Å². The van der Waals surface area contributed by atoms with E-state index in [0.29, 0.717) is 24.7 Å². The van der Waals surface area contributed by atoms with Crippen LogP contribution in [0.15, 0.2) is 12.1 Å². The molecular weight excluding hydrogens is 256 g/mol. The van der Waals surface area contributed by atoms with Crippen molar-refractivity contribution in [3.8, 4) is 5.88 Å². The van der Waals surface area contributed by atoms with Crippen LogP contribution in [0.1, 0.15) is 19.8 Å². The zero-order valence-electron chi connectivity index (χ0n) is 11.6. The highest BCUT2D eigenvalue weighted by atomic mass is 16.5. The fourth-order valence-corrected chi connectivity index (χ4v) is 3.09. The summed E-state index contributed by atoms with van der Waals surface area (Å²) in [7, 11) is 0. The molecule has 2 unspecified atom stereocenters. The van der Waals surface area contributed by atoms with E-state index in [-0.39, 0.29) is 17.9 Å². The van der Waals surface area contributed by atoms with Crippen LogP contribution < -0.4 is 20.7 Å². The molecule has 1 amide bonds. The number of hydrogen-bond donors (Lipinski definition) is 2. The first-order chi connectivity index (χ1) is 9.70. The molecule has 0 radical (unpaired) electrons. The van der Waals surface area contributed by atoms with Gasteiger partial charge in [-0.1, -0.05) is 0 Å². The smallest absolute Gasteiger partial charge is 0.239 e. The van der Waals surface area contributed by atoms with Crippen molar-refractivity contribution < 1.29 is 9.53 Å². The highest BCUT2D eigenvalue weighted by Gasteiger charge is 2.41. The van der Waals surface area contributed by atoms with Gasteiger partial charge in [-0.2, -0.15) is 4.98 Å². The Hall–Kier alpha value is -1.98. The van der Waals surface area contributed by atoms with Crippen LogP contribution in [-0.4, -0.2) is 36.6 Å². The van der Waals surface area contributed by atoms with E-state index in [1.54, 1.807) is 0 Å². The highest BCUT2D eigenvalue weighted by Crippen LogP contribution is 2.32. The molecule has 2 saturated heterocycles. The maximum absolute atomic E-state index is 11.8. The van der Waals surface area contributed by atoms with Gasteiger partial charge in [-0.25, -0.2) is 0 Å². The Bertz CT molecular complexity index is 520. The number of carbonyl (C=O) groups excluding carboxylic acids is 1. The number of pyridine rings is 1. The van der Waals surface area contributed by atoms with Crippen LogP contribution in [0.4, 0.5) is 11.5 Å². The van der Waals surface area contributed by atoms with Crippen molar-refractivity contribution >= 4 is 17.4 Å². The first kappa shape index (κ1) is 13.0. The quantitative estimate of drug-likeness (QED) is 0.852. The van der Waals surface area contributed by atoms with Crippen molar-refractivity contribution in [2.45, 2.75) is 25.8 Å². The third kappa shape index (κ3) is 2.15. The molecule has 0 bridgehead atoms. The van der Waals surface area contributed by atoms with E-state index >= 15 is 0 Å². The molecule has 2 fully saturated rings. The number of carbonyl (C=O) groups is 1. The number of nitrogens with one attached hydrogen (secondary N) is 1. The number of amides is 1. The van der Waals surface area contributed by atoms with E-state index in [4.69, 9.17) is 10.5 Å². The predicted octanol–water partition coefficient (Wildman–Crippen LogP) is 0.777. The van der Waals surface area contributed by atoms with Gasteiger partial charge in [-0.3, -0.25) is 4.79 Å². The number of nitrogen functional groups attached to an aromatic ring is 1. The summed E-state index contributed by atoms with van der Waals surface area (Å²) in [5.41, 5.74) is 6.41. The maximum atomic E-state index is 11.8. The van der Waals surface area contributed by atoms with Crippen LogP contribution in [0, 0.1) is 5.92 Å². The zero-order valence-corrected chi connectivity index (χ0v) is 11.6. The van der Waals surface area contributed by atoms with E-state index in [1.165, 1.54) is 0 Å². The molecule has 0 spiro atoms. The van der Waals surface area contributed by atoms with Gasteiger partial charge in [0.05, 0.1) is 24.3 Å². The number of nitrogens with zero attached hydrogens (tertiary/aromatic N) is 2. The van der Waals surface area contributed by atoms with E-state index in [9.17, 15) is 4.79 Å². The first-order valence-corrected chi connectivity index (χ1v) is 7.14. The lowest BCUT2D eigenvalue weighted by Gasteiger charge is -2.36. The van der Waals surface area contributed by atoms with Gasteiger partial charge >= 0.3 is 0 Å². The van der Waals surface area contributed by atoms with E-state index in [1.807, 2.05) is 19.1 Å². The van der Waals surface area contributed by atoms with Crippen molar-refractivity contribution in [1.29, 1.82) is 0 Å². The normalized spacial score (nSPS) is 25.2. The van der Waals surface area contributed by atoms with Crippen molar-refractivity contribution in [3.05, 3.63) is 12.1 Å². The van der Waals surface area contributed by atoms with Crippen LogP contribution in [-0.2, 0) is 4.79 Å². The molecule has 0 aliphatic carbocycles. The monoisotopic (exact) mass is 276 g/mol. The number of aromatic nitrogens is 1. The molecule has 6 nitrogen and oxygen atoms in total. The molecule has 6 heteroatoms. The number of hydrogen-bond acceptors (Lipinski definition) is 5. The average molecular weight is 276 g/mol. The van der Waals surface area contributed by atoms with Gasteiger partial charge in [0, 0.05) is 13.1 Å². The van der Waals surface area contributed by atoms with Crippen LogP contribution in [0.5, 0.6) is 5.88 Å². The minimum Gasteiger partial charge on any atom is -0.476 e. The van der Waals surface area contributed by atoms with Crippen molar-refractivity contribution in [2.24, 2.45) is 5.92 Å². The van der Waals surface area contributed by atoms with Crippen LogP contribution in [0.3, 0.4) is 0 Å². The number of fused-ring (bicyclic) bond motifs is 1. The molecule has 108 valence electrons. The number of rotatable bonds is 3. The average Bonchev–Trinajstić information content (AvgIpc) is 2.84. The maximum Gasteiger partial charge on any atom is 0.239 e. The summed E-state index contributed by atoms with van der Waals surface area (Å²) in [5, 5.41) is 2.95. The topological polar surface area (TPSA) is 80.5 Å². The fourth-order valence-electron chi connectivity index (χ4n) is 3.09. The summed E-state index contributed by atoms with van der Waals surface area (Å²) in [6, 6.07) is 3.92. The summed E-state index contributed by atoms with van der Waals surface area (Å²) in [4.78, 5) is 18.5. The summed E-state index contributed by atoms with van der Waals surface area (Å²) < 4.78 is 5.46. The van der Waals surface area contributed by atoms with Gasteiger partial charge in [0.2, 0.25) is 11.8 Å². The van der Waals surface area contributed by atoms with Gasteiger partial charge in [-0.15, -0.1) is 0 Å². The minimum atomic E-state index is 0.0821. The molecule has 3 N–H and O–H groups in total. The summed E-state index contributed by atoms with van der Waals surface area (Å²) in [5.74, 6) is 1.57. The van der Waals surface area contributed by atoms with E-state index in [0.717, 1.165) is 25.2 Å². The van der Waals surface area contributed by atoms with E-state index in [2.05, 4.69) is 15.2 Å². The molecule has 3 rings (SSSR count). The Kier molecular flexibility index (Phi) is 3.38. The number of nitrogens with two attached hydrogens (primary N) is 1. The van der Waals surface area contributed by atoms with Crippen LogP contribution in [0.2, 0.25) is 0 Å². The Labute approximate surface area is 118 Å². The third-order valence-corrected chi connectivity index (χ3v) is 4.05. The number of piperidine rings is 1. The van der Waals surface area contributed by atoms with Crippen LogP contribution in [0.25, 0.3) is 0 Å². The molecular formula is C14H20N4O2. The molecule has 3 heterocycles. The van der Waals surface area contributed by atoms with Gasteiger partial charge < -0.3 is 20.7 Å². The van der Waals surface area contributed by atoms with Crippen molar-refractivity contribution in [1.82, 2.24) is 10.3 Å². The molecule has 2 aliphatic rings. The lowest BCUT2D eigenvalue weighted by molar-refractivity contribution is -0.122. The Morgan fingerprint density at radius 1 is 1.55 bits per heavy atom. The van der Waals surface area contributed by atoms with Gasteiger partial charge in [0.1, 0.15) is 5.82 Å². The first-order valence-electron chi connectivity index (χ1n) is 7.14. The molecule has 1 aromatic heterocycles. The highest BCUT2D eigenvalue weighted by molar-refractivity contribution is 5.83. The molecule has 0 saturated carbocycles. The predicted molar refractivity (Wildman–Crippen MR) is 76.7 cm³/mol. The fraction of sp³-hybridized carbons (Fsp3) is 0.571. The second-order valence-electron chi connectivity index (χ2n) is 5.25. The summed E-state index contributed by atoms with van der Waals surface area (Å²) in [6.45, 7) is 4.05. The number of anilines is 2. The lowest BCUT2D eigenvalue weighted by atomic mass is 9.91. The van der Waals surface area contributed by atoms with Gasteiger partial charge in [0.15, 0.2) is 0 Å². The molecule has 2 atom stereocenters. The van der Waals surface area contributed by atoms with Gasteiger partial charge in [0.25, 0.3) is 0 Å². The van der Waals surface area contributed by atoms with Crippen LogP contribution >= 0.6 is 0 Å². The molecule has 2 aliphatic heterocycles. The zero-order chi connectivity index (χ0) is 14.1. The third-order valence-electron chi connectivity index (χ3n) is 4.05. The summed E-state index contributed by atoms with van der Waals surface area (Å²) in [6.07, 6.45) is 1.96. The minimum absolute atomic E-state index is 0.0821. The Morgan fingerprint density at radius 2 is 2.40 bits per heavy atom. The van der Waals surface area contributed by atoms with E-state index < -0.39 is 0 Å². The standard InChI is InChI=1S/C14H20N4O2/c1-2-20-14-10(15)5-6-12(17-14)18-7-3-4-9-11(18)8-16-13(9)19/h5-6,9,11H,2-4,7-8,15H2,1H3,(H,16,19). The number of ether oxygens (including phenoxy) is 1. The molecule has 1 aromatic rings. The van der Waals surface area contributed by atoms with Crippen molar-refractivity contribution in [2.75, 3.05) is 30.3 Å². The lowest BCUT2D eigenvalue weighted by Crippen LogP contribution is -2.46. The largest absolute Gasteiger partial charge is 0.476 e.